The number of hydrogen-bond acceptors (Lipinski definition) is 1. The second kappa shape index (κ2) is 3.05. The van der Waals surface area contributed by atoms with Crippen LogP contribution in [0.3, 0.4) is 0 Å². The maximum absolute atomic E-state index is 11.5. The van der Waals surface area contributed by atoms with E-state index in [2.05, 4.69) is 4.98 Å². The van der Waals surface area contributed by atoms with Gasteiger partial charge in [0.25, 0.3) is 5.56 Å². The number of fused-ring (bicyclic) bond motifs is 1. The molecule has 66 valence electrons. The van der Waals surface area contributed by atoms with Gasteiger partial charge in [-0.3, -0.25) is 4.79 Å². The molecule has 2 heteroatoms. The summed E-state index contributed by atoms with van der Waals surface area (Å²) in [7, 11) is 0. The highest BCUT2D eigenvalue weighted by Crippen LogP contribution is 2.09. The smallest absolute Gasteiger partial charge is 0.256 e. The second-order valence-corrected chi connectivity index (χ2v) is 3.06. The lowest BCUT2D eigenvalue weighted by Gasteiger charge is -1.99. The topological polar surface area (TPSA) is 32.9 Å². The second-order valence-electron chi connectivity index (χ2n) is 3.06. The largest absolute Gasteiger partial charge is 0.326 e. The summed E-state index contributed by atoms with van der Waals surface area (Å²) in [5.74, 6) is 0. The fraction of sp³-hybridized carbons (Fsp3) is 0.182. The van der Waals surface area contributed by atoms with E-state index in [1.807, 2.05) is 37.3 Å². The standard InChI is InChI=1S/C11H11NO/c1-2-9-7-8-5-3-4-6-10(8)11(13)12-9/h3-7H,2H2,1H3,(H,12,13). The summed E-state index contributed by atoms with van der Waals surface area (Å²) in [6, 6.07) is 9.65. The molecule has 0 fully saturated rings. The Morgan fingerprint density at radius 1 is 1.31 bits per heavy atom. The first-order valence-electron chi connectivity index (χ1n) is 4.42. The number of rotatable bonds is 1. The lowest BCUT2D eigenvalue weighted by atomic mass is 10.1. The van der Waals surface area contributed by atoms with Crippen molar-refractivity contribution >= 4 is 10.8 Å². The van der Waals surface area contributed by atoms with E-state index in [4.69, 9.17) is 0 Å². The highest BCUT2D eigenvalue weighted by atomic mass is 16.1. The minimum Gasteiger partial charge on any atom is -0.326 e. The van der Waals surface area contributed by atoms with Crippen molar-refractivity contribution in [2.24, 2.45) is 0 Å². The van der Waals surface area contributed by atoms with Crippen LogP contribution in [0.25, 0.3) is 10.8 Å². The Bertz CT molecular complexity index is 485. The lowest BCUT2D eigenvalue weighted by Crippen LogP contribution is -2.08. The van der Waals surface area contributed by atoms with Crippen molar-refractivity contribution in [3.63, 3.8) is 0 Å². The Kier molecular flexibility index (Phi) is 1.89. The molecule has 1 aromatic heterocycles. The Morgan fingerprint density at radius 2 is 2.08 bits per heavy atom. The van der Waals surface area contributed by atoms with Gasteiger partial charge in [-0.05, 0) is 23.9 Å². The zero-order chi connectivity index (χ0) is 9.26. The molecule has 2 nitrogen and oxygen atoms in total. The van der Waals surface area contributed by atoms with Crippen LogP contribution in [0, 0.1) is 0 Å². The van der Waals surface area contributed by atoms with Gasteiger partial charge >= 0.3 is 0 Å². The molecule has 0 aliphatic heterocycles. The van der Waals surface area contributed by atoms with E-state index in [0.717, 1.165) is 22.9 Å². The number of H-pyrrole nitrogens is 1. The lowest BCUT2D eigenvalue weighted by molar-refractivity contribution is 1.02. The van der Waals surface area contributed by atoms with Crippen molar-refractivity contribution in [2.45, 2.75) is 13.3 Å². The zero-order valence-electron chi connectivity index (χ0n) is 7.50. The highest BCUT2D eigenvalue weighted by Gasteiger charge is 1.98. The van der Waals surface area contributed by atoms with Gasteiger partial charge in [0.1, 0.15) is 0 Å². The Hall–Kier alpha value is -1.57. The van der Waals surface area contributed by atoms with E-state index < -0.39 is 0 Å². The molecule has 0 spiro atoms. The molecule has 0 unspecified atom stereocenters. The van der Waals surface area contributed by atoms with Gasteiger partial charge in [0.05, 0.1) is 0 Å². The molecule has 0 aliphatic rings. The van der Waals surface area contributed by atoms with Gasteiger partial charge in [0.15, 0.2) is 0 Å². The number of benzene rings is 1. The van der Waals surface area contributed by atoms with Gasteiger partial charge in [-0.15, -0.1) is 0 Å². The number of aryl methyl sites for hydroxylation is 1. The van der Waals surface area contributed by atoms with Crippen LogP contribution >= 0.6 is 0 Å². The van der Waals surface area contributed by atoms with Crippen molar-refractivity contribution < 1.29 is 0 Å². The molecule has 13 heavy (non-hydrogen) atoms. The van der Waals surface area contributed by atoms with Crippen LogP contribution in [0.2, 0.25) is 0 Å². The first-order valence-corrected chi connectivity index (χ1v) is 4.42. The van der Waals surface area contributed by atoms with Crippen molar-refractivity contribution in [2.75, 3.05) is 0 Å². The summed E-state index contributed by atoms with van der Waals surface area (Å²) >= 11 is 0. The minimum atomic E-state index is 0.00921. The Balaban J connectivity index is 2.85. The van der Waals surface area contributed by atoms with E-state index in [-0.39, 0.29) is 5.56 Å². The van der Waals surface area contributed by atoms with Gasteiger partial charge in [0.2, 0.25) is 0 Å². The van der Waals surface area contributed by atoms with Gasteiger partial charge in [-0.2, -0.15) is 0 Å². The number of aromatic nitrogens is 1. The van der Waals surface area contributed by atoms with E-state index in [1.165, 1.54) is 0 Å². The van der Waals surface area contributed by atoms with Gasteiger partial charge in [0, 0.05) is 11.1 Å². The summed E-state index contributed by atoms with van der Waals surface area (Å²) in [5, 5.41) is 1.78. The molecule has 1 N–H and O–H groups in total. The molecule has 1 heterocycles. The van der Waals surface area contributed by atoms with Crippen LogP contribution in [0.1, 0.15) is 12.6 Å². The van der Waals surface area contributed by atoms with E-state index in [9.17, 15) is 4.79 Å². The molecule has 0 saturated carbocycles. The van der Waals surface area contributed by atoms with Gasteiger partial charge in [-0.25, -0.2) is 0 Å². The van der Waals surface area contributed by atoms with Crippen molar-refractivity contribution in [1.29, 1.82) is 0 Å². The third-order valence-corrected chi connectivity index (χ3v) is 2.19. The average molecular weight is 173 g/mol. The third-order valence-electron chi connectivity index (χ3n) is 2.19. The number of hydrogen-bond donors (Lipinski definition) is 1. The number of nitrogens with one attached hydrogen (secondary N) is 1. The summed E-state index contributed by atoms with van der Waals surface area (Å²) in [4.78, 5) is 14.3. The van der Waals surface area contributed by atoms with Gasteiger partial charge < -0.3 is 4.98 Å². The molecule has 0 bridgehead atoms. The number of aromatic amines is 1. The molecular formula is C11H11NO. The van der Waals surface area contributed by atoms with Crippen LogP contribution in [0.5, 0.6) is 0 Å². The monoisotopic (exact) mass is 173 g/mol. The maximum Gasteiger partial charge on any atom is 0.256 e. The summed E-state index contributed by atoms with van der Waals surface area (Å²) in [5.41, 5.74) is 0.999. The molecule has 1 aromatic carbocycles. The molecular weight excluding hydrogens is 162 g/mol. The fourth-order valence-electron chi connectivity index (χ4n) is 1.46. The molecule has 2 aromatic rings. The van der Waals surface area contributed by atoms with Crippen molar-refractivity contribution in [3.8, 4) is 0 Å². The zero-order valence-corrected chi connectivity index (χ0v) is 7.50. The molecule has 0 amide bonds. The molecule has 0 radical (unpaired) electrons. The van der Waals surface area contributed by atoms with Crippen LogP contribution in [-0.2, 0) is 6.42 Å². The van der Waals surface area contributed by atoms with E-state index >= 15 is 0 Å². The normalized spacial score (nSPS) is 10.5. The highest BCUT2D eigenvalue weighted by molar-refractivity contribution is 5.81. The van der Waals surface area contributed by atoms with Crippen molar-refractivity contribution in [1.82, 2.24) is 4.98 Å². The van der Waals surface area contributed by atoms with E-state index in [0.29, 0.717) is 0 Å². The van der Waals surface area contributed by atoms with Gasteiger partial charge in [-0.1, -0.05) is 25.1 Å². The van der Waals surface area contributed by atoms with E-state index in [1.54, 1.807) is 0 Å². The molecule has 2 rings (SSSR count). The van der Waals surface area contributed by atoms with Crippen LogP contribution in [0.15, 0.2) is 35.1 Å². The predicted molar refractivity (Wildman–Crippen MR) is 53.9 cm³/mol. The van der Waals surface area contributed by atoms with Crippen LogP contribution in [0.4, 0.5) is 0 Å². The summed E-state index contributed by atoms with van der Waals surface area (Å²) in [6.45, 7) is 2.03. The number of pyridine rings is 1. The van der Waals surface area contributed by atoms with Crippen LogP contribution < -0.4 is 5.56 Å². The molecule has 0 atom stereocenters. The maximum atomic E-state index is 11.5. The van der Waals surface area contributed by atoms with Crippen molar-refractivity contribution in [3.05, 3.63) is 46.4 Å². The SMILES string of the molecule is CCc1cc2ccccc2c(=O)[nH]1. The first-order chi connectivity index (χ1) is 6.31. The quantitative estimate of drug-likeness (QED) is 0.703. The Labute approximate surface area is 76.2 Å². The van der Waals surface area contributed by atoms with Crippen LogP contribution in [-0.4, -0.2) is 4.98 Å². The average Bonchev–Trinajstić information content (AvgIpc) is 2.18. The molecule has 0 aliphatic carbocycles. The predicted octanol–water partition coefficient (Wildman–Crippen LogP) is 2.09. The fourth-order valence-corrected chi connectivity index (χ4v) is 1.46. The third kappa shape index (κ3) is 1.35. The summed E-state index contributed by atoms with van der Waals surface area (Å²) < 4.78 is 0. The minimum absolute atomic E-state index is 0.00921. The summed E-state index contributed by atoms with van der Waals surface area (Å²) in [6.07, 6.45) is 0.861. The molecule has 0 saturated heterocycles. The Morgan fingerprint density at radius 3 is 2.85 bits per heavy atom. The first kappa shape index (κ1) is 8.05.